The van der Waals surface area contributed by atoms with E-state index in [1.165, 1.54) is 6.26 Å². The largest absolute Gasteiger partial charge is 0.311 e. The van der Waals surface area contributed by atoms with Crippen molar-refractivity contribution in [1.29, 1.82) is 0 Å². The summed E-state index contributed by atoms with van der Waals surface area (Å²) in [6.45, 7) is 12.4. The van der Waals surface area contributed by atoms with Gasteiger partial charge in [-0.25, -0.2) is 12.7 Å². The van der Waals surface area contributed by atoms with Gasteiger partial charge in [0.1, 0.15) is 0 Å². The third-order valence-corrected chi connectivity index (χ3v) is 6.04. The highest BCUT2D eigenvalue weighted by Gasteiger charge is 2.32. The summed E-state index contributed by atoms with van der Waals surface area (Å²) in [6.07, 6.45) is 3.47. The Hall–Kier alpha value is -0.170. The molecule has 0 aromatic carbocycles. The van der Waals surface area contributed by atoms with Crippen molar-refractivity contribution in [2.45, 2.75) is 39.7 Å². The average molecular weight is 317 g/mol. The zero-order valence-electron chi connectivity index (χ0n) is 13.9. The molecule has 2 atom stereocenters. The Balaban J connectivity index is 1.89. The molecule has 0 amide bonds. The lowest BCUT2D eigenvalue weighted by atomic mass is 9.85. The van der Waals surface area contributed by atoms with Crippen molar-refractivity contribution in [3.8, 4) is 0 Å². The molecule has 21 heavy (non-hydrogen) atoms. The molecule has 2 heterocycles. The molecule has 0 aromatic rings. The molecule has 0 saturated carbocycles. The van der Waals surface area contributed by atoms with Crippen LogP contribution in [0.1, 0.15) is 33.6 Å². The Bertz CT molecular complexity index is 444. The van der Waals surface area contributed by atoms with Crippen molar-refractivity contribution < 1.29 is 8.42 Å². The minimum atomic E-state index is -3.03. The van der Waals surface area contributed by atoms with E-state index >= 15 is 0 Å². The minimum Gasteiger partial charge on any atom is -0.311 e. The number of piperazine rings is 1. The molecule has 2 rings (SSSR count). The normalized spacial score (nSPS) is 30.5. The standard InChI is InChI=1S/C15H31N3O2S/c1-15(2,3)14-12-17(9-7-16-14)10-13-6-5-8-18(11-13)21(4,19)20/h13-14,16H,5-12H2,1-4H3. The van der Waals surface area contributed by atoms with Gasteiger partial charge in [-0.15, -0.1) is 0 Å². The van der Waals surface area contributed by atoms with Crippen LogP contribution < -0.4 is 5.32 Å². The Kier molecular flexibility index (Phi) is 5.34. The van der Waals surface area contributed by atoms with Crippen LogP contribution in [-0.4, -0.2) is 69.2 Å². The second kappa shape index (κ2) is 6.52. The van der Waals surface area contributed by atoms with Gasteiger partial charge in [-0.3, -0.25) is 0 Å². The zero-order chi connectivity index (χ0) is 15.7. The zero-order valence-corrected chi connectivity index (χ0v) is 14.7. The summed E-state index contributed by atoms with van der Waals surface area (Å²) in [4.78, 5) is 2.52. The molecule has 0 bridgehead atoms. The highest BCUT2D eigenvalue weighted by Crippen LogP contribution is 2.24. The van der Waals surface area contributed by atoms with Crippen LogP contribution in [0.25, 0.3) is 0 Å². The van der Waals surface area contributed by atoms with Gasteiger partial charge >= 0.3 is 0 Å². The fourth-order valence-electron chi connectivity index (χ4n) is 3.40. The molecule has 6 heteroatoms. The van der Waals surface area contributed by atoms with Crippen LogP contribution >= 0.6 is 0 Å². The lowest BCUT2D eigenvalue weighted by Crippen LogP contribution is -2.57. The molecule has 0 spiro atoms. The number of rotatable bonds is 3. The summed E-state index contributed by atoms with van der Waals surface area (Å²) in [5.74, 6) is 0.479. The molecule has 5 nitrogen and oxygen atoms in total. The maximum absolute atomic E-state index is 11.7. The number of piperidine rings is 1. The van der Waals surface area contributed by atoms with E-state index in [-0.39, 0.29) is 5.41 Å². The Morgan fingerprint density at radius 3 is 2.52 bits per heavy atom. The van der Waals surface area contributed by atoms with Gasteiger partial charge in [0.15, 0.2) is 0 Å². The van der Waals surface area contributed by atoms with Crippen molar-refractivity contribution in [3.05, 3.63) is 0 Å². The fourth-order valence-corrected chi connectivity index (χ4v) is 4.34. The molecule has 1 N–H and O–H groups in total. The van der Waals surface area contributed by atoms with Crippen LogP contribution in [0.15, 0.2) is 0 Å². The molecule has 0 aromatic heterocycles. The van der Waals surface area contributed by atoms with Crippen LogP contribution in [0.3, 0.4) is 0 Å². The van der Waals surface area contributed by atoms with Gasteiger partial charge in [-0.1, -0.05) is 20.8 Å². The Morgan fingerprint density at radius 1 is 1.19 bits per heavy atom. The predicted molar refractivity (Wildman–Crippen MR) is 86.8 cm³/mol. The number of nitrogens with one attached hydrogen (secondary N) is 1. The Labute approximate surface area is 130 Å². The lowest BCUT2D eigenvalue weighted by Gasteiger charge is -2.42. The summed E-state index contributed by atoms with van der Waals surface area (Å²) >= 11 is 0. The van der Waals surface area contributed by atoms with Gasteiger partial charge in [0, 0.05) is 45.3 Å². The third kappa shape index (κ3) is 4.91. The first-order valence-corrected chi connectivity index (χ1v) is 9.92. The van der Waals surface area contributed by atoms with E-state index in [0.717, 1.165) is 39.0 Å². The van der Waals surface area contributed by atoms with E-state index in [1.807, 2.05) is 0 Å². The molecule has 0 aliphatic carbocycles. The van der Waals surface area contributed by atoms with E-state index in [4.69, 9.17) is 0 Å². The molecule has 124 valence electrons. The number of nitrogens with zero attached hydrogens (tertiary/aromatic N) is 2. The molecule has 2 saturated heterocycles. The average Bonchev–Trinajstić information content (AvgIpc) is 2.37. The second-order valence-electron chi connectivity index (χ2n) is 7.76. The Morgan fingerprint density at radius 2 is 1.90 bits per heavy atom. The van der Waals surface area contributed by atoms with E-state index in [1.54, 1.807) is 4.31 Å². The van der Waals surface area contributed by atoms with Gasteiger partial charge < -0.3 is 10.2 Å². The first kappa shape index (κ1) is 17.2. The number of hydrogen-bond acceptors (Lipinski definition) is 4. The maximum atomic E-state index is 11.7. The van der Waals surface area contributed by atoms with Gasteiger partial charge in [0.25, 0.3) is 0 Å². The first-order chi connectivity index (χ1) is 9.66. The quantitative estimate of drug-likeness (QED) is 0.843. The smallest absolute Gasteiger partial charge is 0.211 e. The van der Waals surface area contributed by atoms with Gasteiger partial charge in [-0.2, -0.15) is 0 Å². The summed E-state index contributed by atoms with van der Waals surface area (Å²) in [6, 6.07) is 0.515. The van der Waals surface area contributed by atoms with Crippen LogP contribution in [0.2, 0.25) is 0 Å². The van der Waals surface area contributed by atoms with E-state index < -0.39 is 10.0 Å². The number of sulfonamides is 1. The molecule has 2 fully saturated rings. The van der Waals surface area contributed by atoms with Crippen molar-refractivity contribution in [2.24, 2.45) is 11.3 Å². The van der Waals surface area contributed by atoms with Crippen molar-refractivity contribution in [1.82, 2.24) is 14.5 Å². The van der Waals surface area contributed by atoms with Crippen LogP contribution in [0.4, 0.5) is 0 Å². The van der Waals surface area contributed by atoms with Crippen molar-refractivity contribution >= 4 is 10.0 Å². The molecule has 0 radical (unpaired) electrons. The van der Waals surface area contributed by atoms with Gasteiger partial charge in [0.2, 0.25) is 10.0 Å². The summed E-state index contributed by atoms with van der Waals surface area (Å²) < 4.78 is 25.1. The van der Waals surface area contributed by atoms with E-state index in [2.05, 4.69) is 31.0 Å². The lowest BCUT2D eigenvalue weighted by molar-refractivity contribution is 0.106. The maximum Gasteiger partial charge on any atom is 0.211 e. The highest BCUT2D eigenvalue weighted by molar-refractivity contribution is 7.88. The third-order valence-electron chi connectivity index (χ3n) is 4.77. The SMILES string of the molecule is CC(C)(C)C1CN(CC2CCCN(S(C)(=O)=O)C2)CCN1. The molecular formula is C15H31N3O2S. The molecule has 2 unspecified atom stereocenters. The van der Waals surface area contributed by atoms with E-state index in [0.29, 0.717) is 25.0 Å². The van der Waals surface area contributed by atoms with Crippen LogP contribution in [-0.2, 0) is 10.0 Å². The highest BCUT2D eigenvalue weighted by atomic mass is 32.2. The summed E-state index contributed by atoms with van der Waals surface area (Å²) in [5.41, 5.74) is 0.268. The molecule has 2 aliphatic heterocycles. The van der Waals surface area contributed by atoms with E-state index in [9.17, 15) is 8.42 Å². The summed E-state index contributed by atoms with van der Waals surface area (Å²) in [7, 11) is -3.03. The van der Waals surface area contributed by atoms with Crippen LogP contribution in [0.5, 0.6) is 0 Å². The monoisotopic (exact) mass is 317 g/mol. The van der Waals surface area contributed by atoms with Crippen LogP contribution in [0, 0.1) is 11.3 Å². The van der Waals surface area contributed by atoms with Crippen molar-refractivity contribution in [3.63, 3.8) is 0 Å². The van der Waals surface area contributed by atoms with Crippen molar-refractivity contribution in [2.75, 3.05) is 45.5 Å². The minimum absolute atomic E-state index is 0.268. The second-order valence-corrected chi connectivity index (χ2v) is 9.74. The van der Waals surface area contributed by atoms with Gasteiger partial charge in [0.05, 0.1) is 6.26 Å². The topological polar surface area (TPSA) is 52.7 Å². The van der Waals surface area contributed by atoms with Gasteiger partial charge in [-0.05, 0) is 24.2 Å². The number of hydrogen-bond donors (Lipinski definition) is 1. The molecule has 2 aliphatic rings. The fraction of sp³-hybridized carbons (Fsp3) is 1.00. The predicted octanol–water partition coefficient (Wildman–Crippen LogP) is 0.978. The first-order valence-electron chi connectivity index (χ1n) is 8.07. The summed E-state index contributed by atoms with van der Waals surface area (Å²) in [5, 5.41) is 3.61. The molecular weight excluding hydrogens is 286 g/mol.